The van der Waals surface area contributed by atoms with E-state index in [-0.39, 0.29) is 17.8 Å². The Labute approximate surface area is 162 Å². The Balaban J connectivity index is 1.46. The van der Waals surface area contributed by atoms with Crippen LogP contribution in [-0.4, -0.2) is 42.9 Å². The zero-order chi connectivity index (χ0) is 19.2. The maximum atomic E-state index is 12.9. The van der Waals surface area contributed by atoms with Crippen molar-refractivity contribution in [2.75, 3.05) is 18.8 Å². The number of hydrogen-bond donors (Lipinski definition) is 1. The van der Waals surface area contributed by atoms with Crippen LogP contribution in [0.4, 0.5) is 4.79 Å². The van der Waals surface area contributed by atoms with Gasteiger partial charge in [0.05, 0.1) is 16.5 Å². The van der Waals surface area contributed by atoms with E-state index < -0.39 is 14.6 Å². The molecule has 2 fully saturated rings. The second-order valence-corrected chi connectivity index (χ2v) is 11.2. The highest BCUT2D eigenvalue weighted by Crippen LogP contribution is 2.44. The number of amides is 2. The molecule has 1 aromatic rings. The van der Waals surface area contributed by atoms with Crippen molar-refractivity contribution in [3.63, 3.8) is 0 Å². The molecule has 1 saturated heterocycles. The summed E-state index contributed by atoms with van der Waals surface area (Å²) in [5.41, 5.74) is 3.84. The van der Waals surface area contributed by atoms with Gasteiger partial charge < -0.3 is 10.2 Å². The first kappa shape index (κ1) is 18.8. The first-order chi connectivity index (χ1) is 12.8. The lowest BCUT2D eigenvalue weighted by Crippen LogP contribution is -2.46. The molecule has 4 rings (SSSR count). The van der Waals surface area contributed by atoms with E-state index in [9.17, 15) is 13.2 Å². The van der Waals surface area contributed by atoms with Gasteiger partial charge in [0.25, 0.3) is 0 Å². The molecule has 2 amide bonds. The van der Waals surface area contributed by atoms with Crippen LogP contribution in [0, 0.1) is 0 Å². The predicted molar refractivity (Wildman–Crippen MR) is 107 cm³/mol. The Kier molecular flexibility index (Phi) is 4.73. The van der Waals surface area contributed by atoms with Gasteiger partial charge in [-0.3, -0.25) is 0 Å². The van der Waals surface area contributed by atoms with E-state index in [1.54, 1.807) is 4.90 Å². The number of hydrogen-bond acceptors (Lipinski definition) is 3. The topological polar surface area (TPSA) is 66.5 Å². The molecule has 1 atom stereocenters. The molecule has 1 saturated carbocycles. The smallest absolute Gasteiger partial charge is 0.317 e. The Hall–Kier alpha value is -1.56. The van der Waals surface area contributed by atoms with E-state index in [2.05, 4.69) is 37.4 Å². The first-order valence-electron chi connectivity index (χ1n) is 10.2. The van der Waals surface area contributed by atoms with Crippen LogP contribution < -0.4 is 5.32 Å². The lowest BCUT2D eigenvalue weighted by Gasteiger charge is -2.39. The van der Waals surface area contributed by atoms with Crippen molar-refractivity contribution < 1.29 is 13.2 Å². The molecule has 0 bridgehead atoms. The van der Waals surface area contributed by atoms with Gasteiger partial charge >= 0.3 is 6.03 Å². The molecule has 1 aliphatic heterocycles. The number of carbonyl (C=O) groups is 1. The highest BCUT2D eigenvalue weighted by Gasteiger charge is 2.50. The highest BCUT2D eigenvalue weighted by atomic mass is 32.2. The number of carbonyl (C=O) groups excluding carboxylic acids is 1. The number of sulfone groups is 1. The van der Waals surface area contributed by atoms with Gasteiger partial charge in [-0.1, -0.05) is 38.5 Å². The van der Waals surface area contributed by atoms with Gasteiger partial charge in [-0.2, -0.15) is 0 Å². The van der Waals surface area contributed by atoms with E-state index in [0.29, 0.717) is 25.4 Å². The normalized spacial score (nSPS) is 25.7. The molecular weight excluding hydrogens is 360 g/mol. The van der Waals surface area contributed by atoms with Crippen LogP contribution in [0.1, 0.15) is 74.6 Å². The zero-order valence-electron chi connectivity index (χ0n) is 16.3. The second-order valence-electron chi connectivity index (χ2n) is 8.75. The summed E-state index contributed by atoms with van der Waals surface area (Å²) in [5, 5.41) is 3.18. The largest absolute Gasteiger partial charge is 0.331 e. The van der Waals surface area contributed by atoms with Gasteiger partial charge in [-0.25, -0.2) is 13.2 Å². The molecule has 1 aromatic carbocycles. The van der Waals surface area contributed by atoms with Crippen molar-refractivity contribution in [2.24, 2.45) is 0 Å². The number of fused-ring (bicyclic) bond motifs is 1. The van der Waals surface area contributed by atoms with Crippen LogP contribution in [0.25, 0.3) is 0 Å². The average Bonchev–Trinajstić information content (AvgIpc) is 2.90. The van der Waals surface area contributed by atoms with Gasteiger partial charge in [0, 0.05) is 13.1 Å². The molecule has 1 N–H and O–H groups in total. The summed E-state index contributed by atoms with van der Waals surface area (Å²) in [5.74, 6) is 0.556. The summed E-state index contributed by atoms with van der Waals surface area (Å²) in [6.07, 6.45) is 5.00. The molecule has 1 heterocycles. The summed E-state index contributed by atoms with van der Waals surface area (Å²) in [6, 6.07) is 6.52. The fraction of sp³-hybridized carbons (Fsp3) is 0.667. The van der Waals surface area contributed by atoms with E-state index >= 15 is 0 Å². The lowest BCUT2D eigenvalue weighted by molar-refractivity contribution is 0.192. The summed E-state index contributed by atoms with van der Waals surface area (Å²) < 4.78 is 24.7. The molecule has 0 radical (unpaired) electrons. The Bertz CT molecular complexity index is 843. The van der Waals surface area contributed by atoms with Crippen LogP contribution in [0.2, 0.25) is 0 Å². The molecule has 2 aliphatic carbocycles. The number of benzene rings is 1. The van der Waals surface area contributed by atoms with Crippen LogP contribution in [-0.2, 0) is 16.3 Å². The second kappa shape index (κ2) is 6.80. The molecule has 5 nitrogen and oxygen atoms in total. The maximum absolute atomic E-state index is 12.9. The fourth-order valence-corrected chi connectivity index (χ4v) is 6.97. The quantitative estimate of drug-likeness (QED) is 0.840. The van der Waals surface area contributed by atoms with Crippen LogP contribution in [0.3, 0.4) is 0 Å². The number of nitrogens with zero attached hydrogens (tertiary/aromatic N) is 1. The Morgan fingerprint density at radius 2 is 2.00 bits per heavy atom. The minimum absolute atomic E-state index is 0.0312. The van der Waals surface area contributed by atoms with Gasteiger partial charge in [0.1, 0.15) is 0 Å². The van der Waals surface area contributed by atoms with Gasteiger partial charge in [0.2, 0.25) is 0 Å². The van der Waals surface area contributed by atoms with Crippen LogP contribution in [0.5, 0.6) is 0 Å². The summed E-state index contributed by atoms with van der Waals surface area (Å²) >= 11 is 0. The van der Waals surface area contributed by atoms with Crippen LogP contribution in [0.15, 0.2) is 18.2 Å². The van der Waals surface area contributed by atoms with Gasteiger partial charge in [-0.15, -0.1) is 0 Å². The number of aryl methyl sites for hydroxylation is 1. The molecule has 148 valence electrons. The van der Waals surface area contributed by atoms with Gasteiger partial charge in [-0.05, 0) is 54.7 Å². The Morgan fingerprint density at radius 1 is 1.22 bits per heavy atom. The minimum atomic E-state index is -3.10. The maximum Gasteiger partial charge on any atom is 0.317 e. The summed E-state index contributed by atoms with van der Waals surface area (Å²) in [6.45, 7) is 5.20. The third-order valence-electron chi connectivity index (χ3n) is 6.89. The van der Waals surface area contributed by atoms with E-state index in [1.807, 2.05) is 0 Å². The predicted octanol–water partition coefficient (Wildman–Crippen LogP) is 3.55. The average molecular weight is 391 g/mol. The summed E-state index contributed by atoms with van der Waals surface area (Å²) in [4.78, 5) is 14.6. The first-order valence-corrected chi connectivity index (χ1v) is 11.9. The van der Waals surface area contributed by atoms with Crippen molar-refractivity contribution >= 4 is 15.9 Å². The molecule has 27 heavy (non-hydrogen) atoms. The lowest BCUT2D eigenvalue weighted by atomic mass is 9.81. The van der Waals surface area contributed by atoms with E-state index in [0.717, 1.165) is 32.1 Å². The molecule has 1 unspecified atom stereocenters. The van der Waals surface area contributed by atoms with Crippen molar-refractivity contribution in [3.8, 4) is 0 Å². The molecule has 0 aromatic heterocycles. The number of rotatable bonds is 2. The molecule has 6 heteroatoms. The van der Waals surface area contributed by atoms with Crippen LogP contribution >= 0.6 is 0 Å². The van der Waals surface area contributed by atoms with Crippen molar-refractivity contribution in [2.45, 2.75) is 69.1 Å². The highest BCUT2D eigenvalue weighted by molar-refractivity contribution is 7.92. The third-order valence-corrected chi connectivity index (χ3v) is 9.54. The van der Waals surface area contributed by atoms with Gasteiger partial charge in [0.15, 0.2) is 9.84 Å². The van der Waals surface area contributed by atoms with E-state index in [4.69, 9.17) is 0 Å². The zero-order valence-corrected chi connectivity index (χ0v) is 17.1. The molecule has 1 spiro atoms. The third kappa shape index (κ3) is 3.26. The monoisotopic (exact) mass is 390 g/mol. The fourth-order valence-electron chi connectivity index (χ4n) is 4.76. The van der Waals surface area contributed by atoms with E-state index in [1.165, 1.54) is 16.7 Å². The summed E-state index contributed by atoms with van der Waals surface area (Å²) in [7, 11) is -3.10. The number of nitrogens with one attached hydrogen (secondary N) is 1. The molecule has 3 aliphatic rings. The van der Waals surface area contributed by atoms with Crippen molar-refractivity contribution in [1.82, 2.24) is 10.2 Å². The standard InChI is InChI=1S/C21H30N2O3S/c1-15(2)17-5-4-16-6-7-19(18(16)14-17)22-20(24)23-11-10-21(8-3-9-21)27(25,26)13-12-23/h4-5,14-15,19H,3,6-13H2,1-2H3,(H,22,24). The minimum Gasteiger partial charge on any atom is -0.331 e. The Morgan fingerprint density at radius 3 is 2.67 bits per heavy atom. The van der Waals surface area contributed by atoms with Crippen molar-refractivity contribution in [3.05, 3.63) is 34.9 Å². The number of urea groups is 1. The SMILES string of the molecule is CC(C)c1ccc2c(c1)C(NC(=O)N1CCC3(CCC3)S(=O)(=O)CC1)CC2. The van der Waals surface area contributed by atoms with Crippen molar-refractivity contribution in [1.29, 1.82) is 0 Å². The molecular formula is C21H30N2O3S.